The average molecular weight is 445 g/mol. The molecule has 3 rings (SSSR count). The zero-order valence-corrected chi connectivity index (χ0v) is 18.1. The molecule has 1 aromatic heterocycles. The molecule has 8 heteroatoms. The fourth-order valence-electron chi connectivity index (χ4n) is 3.42. The van der Waals surface area contributed by atoms with Crippen molar-refractivity contribution in [3.05, 3.63) is 104 Å². The Morgan fingerprint density at radius 2 is 1.63 bits per heavy atom. The van der Waals surface area contributed by atoms with Crippen molar-refractivity contribution < 1.29 is 8.42 Å². The minimum atomic E-state index is -3.32. The molecule has 0 amide bonds. The number of pyridine rings is 1. The minimum Gasteiger partial charge on any atom is -0.318 e. The van der Waals surface area contributed by atoms with Crippen molar-refractivity contribution in [3.63, 3.8) is 0 Å². The Morgan fingerprint density at radius 3 is 2.20 bits per heavy atom. The highest BCUT2D eigenvalue weighted by atomic mass is 35.5. The summed E-state index contributed by atoms with van der Waals surface area (Å²) in [5.41, 5.74) is 2.07. The standard InChI is InChI=1S/C22H21ClN2O4S/c1-25-14-16(9-12-22(25)26)21(24-27)13-19(18-5-3-4-6-20(18)23)15-7-10-17(11-8-15)30(2,28)29/h3-12,14,19,21H,13H2,1-2H3. The maximum atomic E-state index is 11.8. The second kappa shape index (κ2) is 8.93. The van der Waals surface area contributed by atoms with Crippen molar-refractivity contribution >= 4 is 21.4 Å². The molecule has 2 unspecified atom stereocenters. The SMILES string of the molecule is Cn1cc(C(CC(c2ccc(S(C)(=O)=O)cc2)c2ccccc2Cl)N=O)ccc1=O. The fourth-order valence-corrected chi connectivity index (χ4v) is 4.32. The quantitative estimate of drug-likeness (QED) is 0.503. The van der Waals surface area contributed by atoms with Crippen molar-refractivity contribution in [1.29, 1.82) is 0 Å². The van der Waals surface area contributed by atoms with E-state index in [2.05, 4.69) is 5.18 Å². The van der Waals surface area contributed by atoms with Gasteiger partial charge in [0.05, 0.1) is 4.90 Å². The summed E-state index contributed by atoms with van der Waals surface area (Å²) >= 11 is 6.44. The van der Waals surface area contributed by atoms with Gasteiger partial charge in [0.25, 0.3) is 0 Å². The van der Waals surface area contributed by atoms with Gasteiger partial charge in [0, 0.05) is 36.5 Å². The highest BCUT2D eigenvalue weighted by Crippen LogP contribution is 2.38. The molecule has 3 aromatic rings. The lowest BCUT2D eigenvalue weighted by Crippen LogP contribution is -2.16. The molecule has 0 saturated carbocycles. The molecular formula is C22H21ClN2O4S. The largest absolute Gasteiger partial charge is 0.318 e. The van der Waals surface area contributed by atoms with Crippen molar-refractivity contribution in [1.82, 2.24) is 4.57 Å². The molecule has 2 aromatic carbocycles. The Bertz CT molecular complexity index is 1220. The van der Waals surface area contributed by atoms with Crippen molar-refractivity contribution in [2.24, 2.45) is 12.2 Å². The Morgan fingerprint density at radius 1 is 1.00 bits per heavy atom. The molecule has 0 aliphatic heterocycles. The third-order valence-corrected chi connectivity index (χ3v) is 6.54. The number of sulfone groups is 1. The minimum absolute atomic E-state index is 0.178. The van der Waals surface area contributed by atoms with Crippen LogP contribution >= 0.6 is 11.6 Å². The zero-order chi connectivity index (χ0) is 21.9. The number of nitroso groups, excluding NO2 is 1. The molecule has 2 atom stereocenters. The molecule has 0 aliphatic rings. The number of aryl methyl sites for hydroxylation is 1. The number of rotatable bonds is 7. The summed E-state index contributed by atoms with van der Waals surface area (Å²) < 4.78 is 25.0. The number of aromatic nitrogens is 1. The van der Waals surface area contributed by atoms with E-state index in [-0.39, 0.29) is 16.4 Å². The predicted octanol–water partition coefficient (Wildman–Crippen LogP) is 4.47. The van der Waals surface area contributed by atoms with E-state index in [1.165, 1.54) is 10.6 Å². The van der Waals surface area contributed by atoms with Gasteiger partial charge in [-0.3, -0.25) is 4.79 Å². The van der Waals surface area contributed by atoms with Gasteiger partial charge in [-0.25, -0.2) is 8.42 Å². The van der Waals surface area contributed by atoms with Crippen molar-refractivity contribution in [3.8, 4) is 0 Å². The summed E-state index contributed by atoms with van der Waals surface area (Å²) in [6.07, 6.45) is 3.06. The lowest BCUT2D eigenvalue weighted by atomic mass is 9.84. The normalized spacial score (nSPS) is 13.6. The zero-order valence-electron chi connectivity index (χ0n) is 16.5. The summed E-state index contributed by atoms with van der Waals surface area (Å²) in [7, 11) is -1.71. The Hall–Kier alpha value is -2.77. The van der Waals surface area contributed by atoms with E-state index in [1.807, 2.05) is 18.2 Å². The Labute approximate surface area is 180 Å². The second-order valence-corrected chi connectivity index (χ2v) is 9.61. The van der Waals surface area contributed by atoms with Crippen LogP contribution in [0.15, 0.2) is 81.7 Å². The monoisotopic (exact) mass is 444 g/mol. The molecule has 30 heavy (non-hydrogen) atoms. The molecule has 0 spiro atoms. The van der Waals surface area contributed by atoms with Crippen LogP contribution in [-0.4, -0.2) is 19.2 Å². The van der Waals surface area contributed by atoms with Gasteiger partial charge in [-0.2, -0.15) is 4.91 Å². The molecule has 0 fully saturated rings. The Balaban J connectivity index is 2.05. The lowest BCUT2D eigenvalue weighted by molar-refractivity contribution is 0.587. The van der Waals surface area contributed by atoms with Gasteiger partial charge < -0.3 is 4.57 Å². The molecule has 0 bridgehead atoms. The number of nitrogens with zero attached hydrogens (tertiary/aromatic N) is 2. The van der Waals surface area contributed by atoms with Crippen molar-refractivity contribution in [2.45, 2.75) is 23.3 Å². The van der Waals surface area contributed by atoms with Gasteiger partial charge in [0.15, 0.2) is 9.84 Å². The first-order valence-corrected chi connectivity index (χ1v) is 11.5. The summed E-state index contributed by atoms with van der Waals surface area (Å²) in [6, 6.07) is 16.2. The van der Waals surface area contributed by atoms with Crippen LogP contribution in [0.25, 0.3) is 0 Å². The van der Waals surface area contributed by atoms with Crippen LogP contribution in [0.3, 0.4) is 0 Å². The van der Waals surface area contributed by atoms with E-state index in [0.29, 0.717) is 17.0 Å². The highest BCUT2D eigenvalue weighted by molar-refractivity contribution is 7.90. The van der Waals surface area contributed by atoms with Crippen LogP contribution in [0.4, 0.5) is 0 Å². The third kappa shape index (κ3) is 4.86. The van der Waals surface area contributed by atoms with Crippen LogP contribution < -0.4 is 5.56 Å². The van der Waals surface area contributed by atoms with Gasteiger partial charge in [-0.05, 0) is 47.4 Å². The van der Waals surface area contributed by atoms with Crippen LogP contribution in [0.5, 0.6) is 0 Å². The highest BCUT2D eigenvalue weighted by Gasteiger charge is 2.24. The van der Waals surface area contributed by atoms with Gasteiger partial charge in [0.2, 0.25) is 5.56 Å². The summed E-state index contributed by atoms with van der Waals surface area (Å²) in [6.45, 7) is 0. The maximum absolute atomic E-state index is 11.8. The van der Waals surface area contributed by atoms with E-state index in [0.717, 1.165) is 17.4 Å². The second-order valence-electron chi connectivity index (χ2n) is 7.18. The smallest absolute Gasteiger partial charge is 0.250 e. The first-order valence-electron chi connectivity index (χ1n) is 9.24. The van der Waals surface area contributed by atoms with E-state index < -0.39 is 15.9 Å². The molecule has 6 nitrogen and oxygen atoms in total. The Kier molecular flexibility index (Phi) is 6.53. The van der Waals surface area contributed by atoms with E-state index in [4.69, 9.17) is 11.6 Å². The summed E-state index contributed by atoms with van der Waals surface area (Å²) in [4.78, 5) is 23.6. The van der Waals surface area contributed by atoms with Crippen molar-refractivity contribution in [2.75, 3.05) is 6.26 Å². The van der Waals surface area contributed by atoms with Crippen LogP contribution in [-0.2, 0) is 16.9 Å². The number of benzene rings is 2. The van der Waals surface area contributed by atoms with Gasteiger partial charge in [-0.1, -0.05) is 47.1 Å². The molecule has 0 radical (unpaired) electrons. The predicted molar refractivity (Wildman–Crippen MR) is 118 cm³/mol. The lowest BCUT2D eigenvalue weighted by Gasteiger charge is -2.22. The first-order chi connectivity index (χ1) is 14.2. The van der Waals surface area contributed by atoms with Gasteiger partial charge in [0.1, 0.15) is 6.04 Å². The fraction of sp³-hybridized carbons (Fsp3) is 0.227. The average Bonchev–Trinajstić information content (AvgIpc) is 2.71. The van der Waals surface area contributed by atoms with Crippen LogP contribution in [0.2, 0.25) is 5.02 Å². The number of hydrogen-bond donors (Lipinski definition) is 0. The third-order valence-electron chi connectivity index (χ3n) is 5.07. The topological polar surface area (TPSA) is 85.6 Å². The summed E-state index contributed by atoms with van der Waals surface area (Å²) in [5.74, 6) is -0.299. The molecule has 0 N–H and O–H groups in total. The maximum Gasteiger partial charge on any atom is 0.250 e. The van der Waals surface area contributed by atoms with E-state index in [9.17, 15) is 18.1 Å². The summed E-state index contributed by atoms with van der Waals surface area (Å²) in [5, 5.41) is 3.84. The molecule has 0 saturated heterocycles. The van der Waals surface area contributed by atoms with Crippen LogP contribution in [0.1, 0.15) is 35.1 Å². The number of halogens is 1. The van der Waals surface area contributed by atoms with Crippen LogP contribution in [0, 0.1) is 4.91 Å². The number of hydrogen-bond acceptors (Lipinski definition) is 5. The van der Waals surface area contributed by atoms with E-state index >= 15 is 0 Å². The molecular weight excluding hydrogens is 424 g/mol. The van der Waals surface area contributed by atoms with E-state index in [1.54, 1.807) is 49.6 Å². The van der Waals surface area contributed by atoms with Gasteiger partial charge >= 0.3 is 0 Å². The first kappa shape index (κ1) is 21.9. The van der Waals surface area contributed by atoms with Gasteiger partial charge in [-0.15, -0.1) is 0 Å². The molecule has 156 valence electrons. The molecule has 1 heterocycles. The molecule has 0 aliphatic carbocycles.